The van der Waals surface area contributed by atoms with Gasteiger partial charge in [0.15, 0.2) is 0 Å². The van der Waals surface area contributed by atoms with Crippen molar-refractivity contribution in [3.8, 4) is 11.1 Å². The summed E-state index contributed by atoms with van der Waals surface area (Å²) in [5.41, 5.74) is 5.12. The van der Waals surface area contributed by atoms with Crippen molar-refractivity contribution in [2.75, 3.05) is 0 Å². The van der Waals surface area contributed by atoms with Crippen molar-refractivity contribution in [2.45, 2.75) is 26.9 Å². The number of hydrogen-bond donors (Lipinski definition) is 1. The first kappa shape index (κ1) is 16.0. The van der Waals surface area contributed by atoms with Crippen LogP contribution in [0.2, 0.25) is 0 Å². The first-order valence-electron chi connectivity index (χ1n) is 8.11. The number of aromatic nitrogens is 2. The quantitative estimate of drug-likeness (QED) is 0.777. The number of aryl methyl sites for hydroxylation is 2. The fourth-order valence-electron chi connectivity index (χ4n) is 2.64. The molecule has 0 atom stereocenters. The van der Waals surface area contributed by atoms with Gasteiger partial charge in [0, 0.05) is 37.2 Å². The minimum atomic E-state index is -0.0629. The highest BCUT2D eigenvalue weighted by atomic mass is 16.1. The lowest BCUT2D eigenvalue weighted by Gasteiger charge is -2.07. The van der Waals surface area contributed by atoms with E-state index >= 15 is 0 Å². The van der Waals surface area contributed by atoms with E-state index in [0.717, 1.165) is 23.2 Å². The van der Waals surface area contributed by atoms with Crippen LogP contribution in [0.5, 0.6) is 0 Å². The van der Waals surface area contributed by atoms with Gasteiger partial charge in [-0.2, -0.15) is 0 Å². The number of carbonyl (C=O) groups is 1. The van der Waals surface area contributed by atoms with E-state index in [9.17, 15) is 4.79 Å². The molecule has 0 aliphatic rings. The van der Waals surface area contributed by atoms with Crippen LogP contribution in [0, 0.1) is 6.92 Å². The lowest BCUT2D eigenvalue weighted by Crippen LogP contribution is -2.25. The molecule has 1 aromatic carbocycles. The molecule has 0 saturated carbocycles. The van der Waals surface area contributed by atoms with Gasteiger partial charge in [-0.15, -0.1) is 0 Å². The van der Waals surface area contributed by atoms with Crippen molar-refractivity contribution in [1.29, 1.82) is 0 Å². The highest BCUT2D eigenvalue weighted by molar-refractivity contribution is 5.94. The Labute approximate surface area is 142 Å². The third-order valence-electron chi connectivity index (χ3n) is 4.06. The molecule has 24 heavy (non-hydrogen) atoms. The van der Waals surface area contributed by atoms with Crippen LogP contribution in [0.25, 0.3) is 11.1 Å². The molecule has 0 radical (unpaired) electrons. The average Bonchev–Trinajstić information content (AvgIpc) is 3.05. The van der Waals surface area contributed by atoms with E-state index in [-0.39, 0.29) is 5.91 Å². The van der Waals surface area contributed by atoms with Crippen LogP contribution in [-0.4, -0.2) is 15.5 Å². The summed E-state index contributed by atoms with van der Waals surface area (Å²) in [5, 5.41) is 2.98. The predicted octanol–water partition coefficient (Wildman–Crippen LogP) is 3.81. The molecular weight excluding hydrogens is 298 g/mol. The van der Waals surface area contributed by atoms with Crippen LogP contribution in [-0.2, 0) is 13.1 Å². The summed E-state index contributed by atoms with van der Waals surface area (Å²) in [6, 6.07) is 14.1. The first-order valence-corrected chi connectivity index (χ1v) is 8.11. The normalized spacial score (nSPS) is 10.6. The van der Waals surface area contributed by atoms with Gasteiger partial charge in [0.2, 0.25) is 0 Å². The zero-order valence-electron chi connectivity index (χ0n) is 14.0. The maximum atomic E-state index is 12.5. The highest BCUT2D eigenvalue weighted by Gasteiger charge is 2.13. The number of rotatable bonds is 5. The van der Waals surface area contributed by atoms with E-state index in [2.05, 4.69) is 41.5 Å². The molecule has 122 valence electrons. The lowest BCUT2D eigenvalue weighted by atomic mass is 10.1. The summed E-state index contributed by atoms with van der Waals surface area (Å²) in [4.78, 5) is 16.5. The fraction of sp³-hybridized carbons (Fsp3) is 0.200. The minimum Gasteiger partial charge on any atom is -0.347 e. The summed E-state index contributed by atoms with van der Waals surface area (Å²) in [5.74, 6) is -0.0629. The molecule has 4 nitrogen and oxygen atoms in total. The Morgan fingerprint density at radius 2 is 1.79 bits per heavy atom. The topological polar surface area (TPSA) is 46.9 Å². The molecule has 0 saturated heterocycles. The molecule has 2 aromatic heterocycles. The van der Waals surface area contributed by atoms with E-state index < -0.39 is 0 Å². The van der Waals surface area contributed by atoms with Crippen LogP contribution < -0.4 is 5.32 Å². The summed E-state index contributed by atoms with van der Waals surface area (Å²) in [6.07, 6.45) is 5.49. The van der Waals surface area contributed by atoms with Gasteiger partial charge in [0.25, 0.3) is 5.91 Å². The van der Waals surface area contributed by atoms with E-state index in [1.807, 2.05) is 35.9 Å². The lowest BCUT2D eigenvalue weighted by molar-refractivity contribution is 0.0941. The fourth-order valence-corrected chi connectivity index (χ4v) is 2.64. The van der Waals surface area contributed by atoms with Crippen molar-refractivity contribution in [3.63, 3.8) is 0 Å². The van der Waals surface area contributed by atoms with E-state index in [0.29, 0.717) is 12.2 Å². The Morgan fingerprint density at radius 1 is 1.08 bits per heavy atom. The second-order valence-electron chi connectivity index (χ2n) is 5.80. The largest absolute Gasteiger partial charge is 0.347 e. The Kier molecular flexibility index (Phi) is 4.75. The van der Waals surface area contributed by atoms with Crippen LogP contribution in [0.4, 0.5) is 0 Å². The Hall–Kier alpha value is -2.88. The predicted molar refractivity (Wildman–Crippen MR) is 95.7 cm³/mol. The molecule has 0 bridgehead atoms. The maximum absolute atomic E-state index is 12.5. The third kappa shape index (κ3) is 3.54. The van der Waals surface area contributed by atoms with E-state index in [1.165, 1.54) is 5.56 Å². The van der Waals surface area contributed by atoms with Crippen molar-refractivity contribution in [2.24, 2.45) is 0 Å². The van der Waals surface area contributed by atoms with Gasteiger partial charge < -0.3 is 9.88 Å². The number of carbonyl (C=O) groups excluding carboxylic acids is 1. The van der Waals surface area contributed by atoms with Gasteiger partial charge in [0.05, 0.1) is 0 Å². The van der Waals surface area contributed by atoms with Crippen molar-refractivity contribution in [3.05, 3.63) is 77.9 Å². The Balaban J connectivity index is 1.79. The van der Waals surface area contributed by atoms with Crippen molar-refractivity contribution >= 4 is 5.91 Å². The number of benzene rings is 1. The average molecular weight is 319 g/mol. The second kappa shape index (κ2) is 7.13. The number of pyridine rings is 1. The number of nitrogens with one attached hydrogen (secondary N) is 1. The molecule has 1 amide bonds. The first-order chi connectivity index (χ1) is 11.7. The van der Waals surface area contributed by atoms with Crippen molar-refractivity contribution < 1.29 is 4.79 Å². The molecule has 3 aromatic rings. The van der Waals surface area contributed by atoms with Crippen LogP contribution in [0.3, 0.4) is 0 Å². The van der Waals surface area contributed by atoms with Crippen LogP contribution >= 0.6 is 0 Å². The van der Waals surface area contributed by atoms with Gasteiger partial charge in [-0.3, -0.25) is 9.78 Å². The molecule has 0 fully saturated rings. The summed E-state index contributed by atoms with van der Waals surface area (Å²) in [6.45, 7) is 5.36. The van der Waals surface area contributed by atoms with Crippen LogP contribution in [0.15, 0.2) is 61.1 Å². The standard InChI is InChI=1S/C20H21N3O/c1-3-23-14-18(17-6-4-15(2)5-7-17)12-19(23)20(24)22-13-16-8-10-21-11-9-16/h4-12,14H,3,13H2,1-2H3,(H,22,24). The molecular formula is C20H21N3O. The van der Waals surface area contributed by atoms with Gasteiger partial charge in [0.1, 0.15) is 5.69 Å². The summed E-state index contributed by atoms with van der Waals surface area (Å²) < 4.78 is 1.98. The molecule has 0 spiro atoms. The van der Waals surface area contributed by atoms with Crippen molar-refractivity contribution in [1.82, 2.24) is 14.9 Å². The van der Waals surface area contributed by atoms with Gasteiger partial charge in [-0.1, -0.05) is 29.8 Å². The van der Waals surface area contributed by atoms with Gasteiger partial charge in [-0.25, -0.2) is 0 Å². The third-order valence-corrected chi connectivity index (χ3v) is 4.06. The molecule has 0 aliphatic carbocycles. The monoisotopic (exact) mass is 319 g/mol. The maximum Gasteiger partial charge on any atom is 0.268 e. The Bertz CT molecular complexity index is 820. The zero-order chi connectivity index (χ0) is 16.9. The summed E-state index contributed by atoms with van der Waals surface area (Å²) in [7, 11) is 0. The zero-order valence-corrected chi connectivity index (χ0v) is 14.0. The highest BCUT2D eigenvalue weighted by Crippen LogP contribution is 2.23. The second-order valence-corrected chi connectivity index (χ2v) is 5.80. The van der Waals surface area contributed by atoms with Gasteiger partial charge >= 0.3 is 0 Å². The van der Waals surface area contributed by atoms with E-state index in [4.69, 9.17) is 0 Å². The SMILES string of the molecule is CCn1cc(-c2ccc(C)cc2)cc1C(=O)NCc1ccncc1. The minimum absolute atomic E-state index is 0.0629. The molecule has 1 N–H and O–H groups in total. The van der Waals surface area contributed by atoms with E-state index in [1.54, 1.807) is 12.4 Å². The number of amides is 1. The van der Waals surface area contributed by atoms with Gasteiger partial charge in [-0.05, 0) is 43.2 Å². The molecule has 0 unspecified atom stereocenters. The van der Waals surface area contributed by atoms with Crippen LogP contribution in [0.1, 0.15) is 28.5 Å². The molecule has 2 heterocycles. The number of nitrogens with zero attached hydrogens (tertiary/aromatic N) is 2. The molecule has 4 heteroatoms. The smallest absolute Gasteiger partial charge is 0.268 e. The molecule has 0 aliphatic heterocycles. The molecule has 3 rings (SSSR count). The Morgan fingerprint density at radius 3 is 2.46 bits per heavy atom. The number of hydrogen-bond acceptors (Lipinski definition) is 2. The summed E-state index contributed by atoms with van der Waals surface area (Å²) >= 11 is 0.